The van der Waals surface area contributed by atoms with E-state index in [1.807, 2.05) is 0 Å². The van der Waals surface area contributed by atoms with Crippen molar-refractivity contribution >= 4 is 11.7 Å². The summed E-state index contributed by atoms with van der Waals surface area (Å²) in [6, 6.07) is 3.46. The first-order valence-corrected chi connectivity index (χ1v) is 5.85. The number of aliphatic hydroxyl groups excluding tert-OH is 1. The lowest BCUT2D eigenvalue weighted by atomic mass is 10.2. The highest BCUT2D eigenvalue weighted by Crippen LogP contribution is 2.32. The van der Waals surface area contributed by atoms with Crippen molar-refractivity contribution in [2.24, 2.45) is 0 Å². The molecule has 0 aromatic heterocycles. The molecule has 0 aliphatic heterocycles. The number of benzene rings is 1. The van der Waals surface area contributed by atoms with Gasteiger partial charge in [-0.05, 0) is 31.4 Å². The van der Waals surface area contributed by atoms with Gasteiger partial charge < -0.3 is 14.9 Å². The Morgan fingerprint density at radius 3 is 2.68 bits per heavy atom. The SMILES string of the molecule is O=C(O)c1ccc(OC2CCCC2O)c([N+](=O)[O-])c1. The topological polar surface area (TPSA) is 110 Å². The summed E-state index contributed by atoms with van der Waals surface area (Å²) >= 11 is 0. The Morgan fingerprint density at radius 2 is 2.16 bits per heavy atom. The average Bonchev–Trinajstić information content (AvgIpc) is 2.75. The van der Waals surface area contributed by atoms with Gasteiger partial charge in [0.25, 0.3) is 0 Å². The first-order chi connectivity index (χ1) is 8.99. The number of carbonyl (C=O) groups is 1. The minimum atomic E-state index is -1.24. The zero-order valence-corrected chi connectivity index (χ0v) is 9.98. The molecule has 0 radical (unpaired) electrons. The smallest absolute Gasteiger partial charge is 0.335 e. The third-order valence-corrected chi connectivity index (χ3v) is 3.10. The van der Waals surface area contributed by atoms with Gasteiger partial charge in [0.1, 0.15) is 6.10 Å². The number of carboxylic acid groups (broad SMARTS) is 1. The molecule has 0 bridgehead atoms. The van der Waals surface area contributed by atoms with E-state index in [-0.39, 0.29) is 11.3 Å². The summed E-state index contributed by atoms with van der Waals surface area (Å²) in [6.07, 6.45) is 0.908. The van der Waals surface area contributed by atoms with Crippen LogP contribution in [0.1, 0.15) is 29.6 Å². The Balaban J connectivity index is 2.29. The number of nitrogens with zero attached hydrogens (tertiary/aromatic N) is 1. The van der Waals surface area contributed by atoms with E-state index in [0.29, 0.717) is 12.8 Å². The highest BCUT2D eigenvalue weighted by Gasteiger charge is 2.29. The van der Waals surface area contributed by atoms with Crippen molar-refractivity contribution < 1.29 is 24.7 Å². The molecule has 0 spiro atoms. The van der Waals surface area contributed by atoms with E-state index < -0.39 is 28.8 Å². The molecule has 7 nitrogen and oxygen atoms in total. The summed E-state index contributed by atoms with van der Waals surface area (Å²) in [4.78, 5) is 21.0. The minimum absolute atomic E-state index is 0.0130. The van der Waals surface area contributed by atoms with Gasteiger partial charge in [0.15, 0.2) is 5.75 Å². The van der Waals surface area contributed by atoms with Gasteiger partial charge in [-0.2, -0.15) is 0 Å². The Morgan fingerprint density at radius 1 is 1.42 bits per heavy atom. The molecule has 1 aromatic rings. The summed E-state index contributed by atoms with van der Waals surface area (Å²) < 4.78 is 5.43. The normalized spacial score (nSPS) is 22.2. The predicted octanol–water partition coefficient (Wildman–Crippen LogP) is 1.59. The molecule has 0 heterocycles. The van der Waals surface area contributed by atoms with E-state index >= 15 is 0 Å². The molecule has 1 aromatic carbocycles. The summed E-state index contributed by atoms with van der Waals surface area (Å²) in [6.45, 7) is 0. The van der Waals surface area contributed by atoms with Crippen molar-refractivity contribution in [3.8, 4) is 5.75 Å². The molecule has 19 heavy (non-hydrogen) atoms. The Kier molecular flexibility index (Phi) is 3.66. The van der Waals surface area contributed by atoms with Gasteiger partial charge in [0.2, 0.25) is 0 Å². The summed E-state index contributed by atoms with van der Waals surface area (Å²) in [5, 5.41) is 29.4. The van der Waals surface area contributed by atoms with Crippen LogP contribution in [0.3, 0.4) is 0 Å². The molecule has 102 valence electrons. The number of hydrogen-bond donors (Lipinski definition) is 2. The highest BCUT2D eigenvalue weighted by molar-refractivity contribution is 5.88. The van der Waals surface area contributed by atoms with E-state index in [9.17, 15) is 20.0 Å². The molecule has 1 aliphatic rings. The number of rotatable bonds is 4. The number of nitro benzene ring substituents is 1. The highest BCUT2D eigenvalue weighted by atomic mass is 16.6. The van der Waals surface area contributed by atoms with Crippen LogP contribution in [0.2, 0.25) is 0 Å². The number of aliphatic hydroxyl groups is 1. The van der Waals surface area contributed by atoms with Crippen LogP contribution in [0.25, 0.3) is 0 Å². The van der Waals surface area contributed by atoms with Crippen molar-refractivity contribution in [1.29, 1.82) is 0 Å². The summed E-state index contributed by atoms with van der Waals surface area (Å²) in [5.74, 6) is -1.25. The van der Waals surface area contributed by atoms with Crippen LogP contribution in [0.15, 0.2) is 18.2 Å². The van der Waals surface area contributed by atoms with Crippen LogP contribution in [-0.4, -0.2) is 33.3 Å². The average molecular weight is 267 g/mol. The van der Waals surface area contributed by atoms with Gasteiger partial charge in [-0.25, -0.2) is 4.79 Å². The Labute approximate surface area is 108 Å². The number of aromatic carboxylic acids is 1. The standard InChI is InChI=1S/C12H13NO6/c14-9-2-1-3-11(9)19-10-5-4-7(12(15)16)6-8(10)13(17)18/h4-6,9,11,14H,1-3H2,(H,15,16). The van der Waals surface area contributed by atoms with Crippen LogP contribution in [0.5, 0.6) is 5.75 Å². The lowest BCUT2D eigenvalue weighted by molar-refractivity contribution is -0.386. The van der Waals surface area contributed by atoms with E-state index in [2.05, 4.69) is 0 Å². The molecule has 2 atom stereocenters. The Bertz CT molecular complexity index is 515. The third-order valence-electron chi connectivity index (χ3n) is 3.10. The van der Waals surface area contributed by atoms with E-state index in [1.165, 1.54) is 12.1 Å². The van der Waals surface area contributed by atoms with Crippen LogP contribution in [0, 0.1) is 10.1 Å². The lowest BCUT2D eigenvalue weighted by Gasteiger charge is -2.17. The molecule has 1 saturated carbocycles. The van der Waals surface area contributed by atoms with Crippen molar-refractivity contribution in [2.45, 2.75) is 31.5 Å². The van der Waals surface area contributed by atoms with E-state index in [1.54, 1.807) is 0 Å². The maximum Gasteiger partial charge on any atom is 0.335 e. The second kappa shape index (κ2) is 5.23. The van der Waals surface area contributed by atoms with Crippen LogP contribution < -0.4 is 4.74 Å². The van der Waals surface area contributed by atoms with Crippen molar-refractivity contribution in [1.82, 2.24) is 0 Å². The molecule has 0 amide bonds. The molecule has 1 aliphatic carbocycles. The molecule has 0 saturated heterocycles. The lowest BCUT2D eigenvalue weighted by Crippen LogP contribution is -2.26. The molecule has 7 heteroatoms. The predicted molar refractivity (Wildman–Crippen MR) is 64.3 cm³/mol. The first-order valence-electron chi connectivity index (χ1n) is 5.85. The number of carboxylic acids is 1. The van der Waals surface area contributed by atoms with E-state index in [0.717, 1.165) is 12.5 Å². The zero-order valence-electron chi connectivity index (χ0n) is 9.98. The molecule has 2 rings (SSSR count). The largest absolute Gasteiger partial charge is 0.481 e. The van der Waals surface area contributed by atoms with Gasteiger partial charge >= 0.3 is 11.7 Å². The van der Waals surface area contributed by atoms with Gasteiger partial charge in [0.05, 0.1) is 16.6 Å². The summed E-state index contributed by atoms with van der Waals surface area (Å²) in [7, 11) is 0. The Hall–Kier alpha value is -2.15. The van der Waals surface area contributed by atoms with Gasteiger partial charge in [0, 0.05) is 6.07 Å². The first kappa shape index (κ1) is 13.3. The maximum atomic E-state index is 10.9. The fourth-order valence-corrected chi connectivity index (χ4v) is 2.10. The monoisotopic (exact) mass is 267 g/mol. The minimum Gasteiger partial charge on any atom is -0.481 e. The second-order valence-corrected chi connectivity index (χ2v) is 4.40. The van der Waals surface area contributed by atoms with Crippen LogP contribution in [-0.2, 0) is 0 Å². The zero-order chi connectivity index (χ0) is 14.0. The molecule has 2 N–H and O–H groups in total. The van der Waals surface area contributed by atoms with Crippen molar-refractivity contribution in [2.75, 3.05) is 0 Å². The second-order valence-electron chi connectivity index (χ2n) is 4.40. The fourth-order valence-electron chi connectivity index (χ4n) is 2.10. The number of ether oxygens (including phenoxy) is 1. The maximum absolute atomic E-state index is 10.9. The van der Waals surface area contributed by atoms with Crippen LogP contribution >= 0.6 is 0 Å². The van der Waals surface area contributed by atoms with Crippen molar-refractivity contribution in [3.63, 3.8) is 0 Å². The molecular weight excluding hydrogens is 254 g/mol. The van der Waals surface area contributed by atoms with Crippen LogP contribution in [0.4, 0.5) is 5.69 Å². The van der Waals surface area contributed by atoms with Crippen molar-refractivity contribution in [3.05, 3.63) is 33.9 Å². The molecular formula is C12H13NO6. The number of nitro groups is 1. The molecule has 2 unspecified atom stereocenters. The quantitative estimate of drug-likeness (QED) is 0.633. The fraction of sp³-hybridized carbons (Fsp3) is 0.417. The van der Waals surface area contributed by atoms with Gasteiger partial charge in [-0.15, -0.1) is 0 Å². The van der Waals surface area contributed by atoms with E-state index in [4.69, 9.17) is 9.84 Å². The summed E-state index contributed by atoms with van der Waals surface area (Å²) in [5.41, 5.74) is -0.579. The third kappa shape index (κ3) is 2.82. The molecule has 1 fully saturated rings. The van der Waals surface area contributed by atoms with Gasteiger partial charge in [-0.3, -0.25) is 10.1 Å². The van der Waals surface area contributed by atoms with Gasteiger partial charge in [-0.1, -0.05) is 0 Å². The number of hydrogen-bond acceptors (Lipinski definition) is 5.